The lowest BCUT2D eigenvalue weighted by Crippen LogP contribution is -2.51. The Bertz CT molecular complexity index is 1630. The van der Waals surface area contributed by atoms with Crippen molar-refractivity contribution in [2.45, 2.75) is 72.0 Å². The van der Waals surface area contributed by atoms with Crippen molar-refractivity contribution in [1.29, 1.82) is 0 Å². The number of amides is 4. The van der Waals surface area contributed by atoms with Crippen molar-refractivity contribution in [2.75, 3.05) is 57.3 Å². The summed E-state index contributed by atoms with van der Waals surface area (Å²) < 4.78 is 1.54. The Morgan fingerprint density at radius 2 is 1.63 bits per heavy atom. The summed E-state index contributed by atoms with van der Waals surface area (Å²) in [6.07, 6.45) is 1.48. The molecule has 0 bridgehead atoms. The summed E-state index contributed by atoms with van der Waals surface area (Å²) in [7, 11) is 0. The molecule has 51 heavy (non-hydrogen) atoms. The number of hydrogen-bond acceptors (Lipinski definition) is 8. The third kappa shape index (κ3) is 10.9. The van der Waals surface area contributed by atoms with Crippen LogP contribution in [0.4, 0.5) is 5.69 Å². The Hall–Kier alpha value is -4.78. The van der Waals surface area contributed by atoms with E-state index in [1.165, 1.54) is 15.9 Å². The van der Waals surface area contributed by atoms with Crippen molar-refractivity contribution < 1.29 is 19.2 Å². The van der Waals surface area contributed by atoms with Gasteiger partial charge in [0.25, 0.3) is 0 Å². The lowest BCUT2D eigenvalue weighted by atomic mass is 10.0. The zero-order valence-electron chi connectivity index (χ0n) is 30.4. The number of anilines is 1. The second-order valence-electron chi connectivity index (χ2n) is 14.0. The largest absolute Gasteiger partial charge is 0.369 e. The van der Waals surface area contributed by atoms with Gasteiger partial charge in [0, 0.05) is 64.3 Å². The summed E-state index contributed by atoms with van der Waals surface area (Å²) in [4.78, 5) is 64.9. The number of hydrogen-bond donors (Lipinski definition) is 3. The number of aromatic nitrogens is 3. The van der Waals surface area contributed by atoms with E-state index in [9.17, 15) is 19.2 Å². The fraction of sp³-hybridized carbons (Fsp3) is 0.526. The smallest absolute Gasteiger partial charge is 0.243 e. The highest BCUT2D eigenvalue weighted by atomic mass is 16.2. The monoisotopic (exact) mass is 699 g/mol. The van der Waals surface area contributed by atoms with Crippen molar-refractivity contribution in [3.05, 3.63) is 77.4 Å². The maximum Gasteiger partial charge on any atom is 0.243 e. The molecule has 1 saturated heterocycles. The van der Waals surface area contributed by atoms with Gasteiger partial charge in [0.1, 0.15) is 18.4 Å². The Labute approximate surface area is 301 Å². The highest BCUT2D eigenvalue weighted by Crippen LogP contribution is 2.22. The van der Waals surface area contributed by atoms with E-state index in [-0.39, 0.29) is 42.5 Å². The Morgan fingerprint density at radius 1 is 0.882 bits per heavy atom. The number of carbonyl (C=O) groups is 4. The van der Waals surface area contributed by atoms with Crippen LogP contribution >= 0.6 is 0 Å². The molecule has 3 N–H and O–H groups in total. The van der Waals surface area contributed by atoms with E-state index in [1.54, 1.807) is 11.8 Å². The van der Waals surface area contributed by atoms with Crippen molar-refractivity contribution in [1.82, 2.24) is 40.5 Å². The molecule has 4 amide bonds. The SMILES string of the molecule is Cc1cccc(N2CCN(CC(=O)N3CCCNC(=O)Cn4nc(C)nc4[C@H](C(C)C)NC(=O)[C@@H](Cc4ccccc4)NC(=O)CCC3)CC2)c1. The highest BCUT2D eigenvalue weighted by molar-refractivity contribution is 5.88. The first kappa shape index (κ1) is 37.5. The van der Waals surface area contributed by atoms with Gasteiger partial charge >= 0.3 is 0 Å². The van der Waals surface area contributed by atoms with Gasteiger partial charge in [0.05, 0.1) is 12.6 Å². The summed E-state index contributed by atoms with van der Waals surface area (Å²) in [6.45, 7) is 12.5. The number of nitrogens with zero attached hydrogens (tertiary/aromatic N) is 6. The molecule has 0 unspecified atom stereocenters. The standard InChI is InChI=1S/C38H53N9O4/c1-27(2)36-37-40-29(4)43-47(37)25-34(49)39-16-10-18-46(35(50)26-44-19-21-45(22-20-44)31-14-8-11-28(3)23-31)17-9-15-33(48)41-32(38(51)42-36)24-30-12-6-5-7-13-30/h5-8,11-14,23,27,32,36H,9-10,15-22,24-26H2,1-4H3,(H,39,49)(H,41,48)(H,42,51)/t32-,36+/m1/s1. The summed E-state index contributed by atoms with van der Waals surface area (Å²) in [5.41, 5.74) is 3.34. The third-order valence-electron chi connectivity index (χ3n) is 9.49. The van der Waals surface area contributed by atoms with E-state index in [2.05, 4.69) is 67.0 Å². The third-order valence-corrected chi connectivity index (χ3v) is 9.49. The lowest BCUT2D eigenvalue weighted by Gasteiger charge is -2.36. The van der Waals surface area contributed by atoms with Gasteiger partial charge in [-0.1, -0.05) is 56.3 Å². The number of piperazine rings is 1. The Balaban J connectivity index is 1.28. The topological polar surface area (TPSA) is 145 Å². The molecule has 13 heteroatoms. The molecule has 5 rings (SSSR count). The van der Waals surface area contributed by atoms with Crippen LogP contribution in [-0.4, -0.2) is 107 Å². The van der Waals surface area contributed by atoms with Gasteiger partial charge < -0.3 is 25.8 Å². The molecule has 2 aliphatic rings. The van der Waals surface area contributed by atoms with Crippen molar-refractivity contribution in [3.8, 4) is 0 Å². The molecule has 0 saturated carbocycles. The lowest BCUT2D eigenvalue weighted by molar-refractivity contribution is -0.133. The van der Waals surface area contributed by atoms with E-state index in [1.807, 2.05) is 44.2 Å². The van der Waals surface area contributed by atoms with E-state index in [4.69, 9.17) is 0 Å². The van der Waals surface area contributed by atoms with Gasteiger partial charge in [-0.2, -0.15) is 5.10 Å². The van der Waals surface area contributed by atoms with Gasteiger partial charge in [-0.05, 0) is 55.9 Å². The Morgan fingerprint density at radius 3 is 2.35 bits per heavy atom. The summed E-state index contributed by atoms with van der Waals surface area (Å²) >= 11 is 0. The van der Waals surface area contributed by atoms with Crippen LogP contribution in [0.15, 0.2) is 54.6 Å². The number of aryl methyl sites for hydroxylation is 2. The molecule has 3 aromatic rings. The van der Waals surface area contributed by atoms with Gasteiger partial charge in [-0.15, -0.1) is 0 Å². The zero-order valence-corrected chi connectivity index (χ0v) is 30.4. The molecule has 2 aliphatic heterocycles. The van der Waals surface area contributed by atoms with Crippen LogP contribution in [0.3, 0.4) is 0 Å². The van der Waals surface area contributed by atoms with Crippen LogP contribution in [0.25, 0.3) is 0 Å². The normalized spacial score (nSPS) is 20.5. The van der Waals surface area contributed by atoms with E-state index >= 15 is 0 Å². The van der Waals surface area contributed by atoms with Crippen molar-refractivity contribution in [3.63, 3.8) is 0 Å². The fourth-order valence-electron chi connectivity index (χ4n) is 6.69. The second-order valence-corrected chi connectivity index (χ2v) is 14.0. The summed E-state index contributed by atoms with van der Waals surface area (Å²) in [5.74, 6) is 0.0798. The quantitative estimate of drug-likeness (QED) is 0.356. The first-order valence-corrected chi connectivity index (χ1v) is 18.2. The van der Waals surface area contributed by atoms with E-state index < -0.39 is 12.1 Å². The van der Waals surface area contributed by atoms with Crippen LogP contribution in [-0.2, 0) is 32.1 Å². The van der Waals surface area contributed by atoms with Crippen LogP contribution in [0.5, 0.6) is 0 Å². The fourth-order valence-corrected chi connectivity index (χ4v) is 6.69. The van der Waals surface area contributed by atoms with Crippen LogP contribution in [0.1, 0.15) is 61.9 Å². The average molecular weight is 700 g/mol. The second kappa shape index (κ2) is 17.9. The average Bonchev–Trinajstić information content (AvgIpc) is 3.46. The van der Waals surface area contributed by atoms with Crippen LogP contribution in [0, 0.1) is 19.8 Å². The molecule has 13 nitrogen and oxygen atoms in total. The maximum atomic E-state index is 13.9. The molecule has 0 aliphatic carbocycles. The molecule has 2 aromatic carbocycles. The number of nitrogens with one attached hydrogen (secondary N) is 3. The molecule has 1 fully saturated rings. The Kier molecular flexibility index (Phi) is 13.2. The molecular weight excluding hydrogens is 646 g/mol. The minimum Gasteiger partial charge on any atom is -0.369 e. The predicted molar refractivity (Wildman–Crippen MR) is 196 cm³/mol. The first-order chi connectivity index (χ1) is 24.5. The van der Waals surface area contributed by atoms with Crippen molar-refractivity contribution in [2.24, 2.45) is 5.92 Å². The van der Waals surface area contributed by atoms with Gasteiger partial charge in [-0.25, -0.2) is 9.67 Å². The summed E-state index contributed by atoms with van der Waals surface area (Å²) in [5, 5.41) is 13.5. The first-order valence-electron chi connectivity index (χ1n) is 18.2. The van der Waals surface area contributed by atoms with Crippen LogP contribution < -0.4 is 20.9 Å². The van der Waals surface area contributed by atoms with Gasteiger partial charge in [-0.3, -0.25) is 24.1 Å². The molecule has 3 heterocycles. The number of carbonyl (C=O) groups excluding carboxylic acids is 4. The van der Waals surface area contributed by atoms with E-state index in [0.29, 0.717) is 57.1 Å². The van der Waals surface area contributed by atoms with Crippen molar-refractivity contribution >= 4 is 29.3 Å². The number of rotatable bonds is 6. The minimum atomic E-state index is -0.836. The molecule has 2 atom stereocenters. The summed E-state index contributed by atoms with van der Waals surface area (Å²) in [6, 6.07) is 16.7. The number of benzene rings is 2. The van der Waals surface area contributed by atoms with Gasteiger partial charge in [0.15, 0.2) is 5.82 Å². The predicted octanol–water partition coefficient (Wildman–Crippen LogP) is 2.39. The number of fused-ring (bicyclic) bond motifs is 1. The maximum absolute atomic E-state index is 13.9. The zero-order chi connectivity index (χ0) is 36.3. The molecule has 1 aromatic heterocycles. The highest BCUT2D eigenvalue weighted by Gasteiger charge is 2.30. The van der Waals surface area contributed by atoms with Crippen LogP contribution in [0.2, 0.25) is 0 Å². The molecule has 0 radical (unpaired) electrons. The molecule has 274 valence electrons. The molecular formula is C38H53N9O4. The van der Waals surface area contributed by atoms with Gasteiger partial charge in [0.2, 0.25) is 23.6 Å². The van der Waals surface area contributed by atoms with E-state index in [0.717, 1.165) is 31.7 Å². The molecule has 0 spiro atoms. The minimum absolute atomic E-state index is 0.00364.